The van der Waals surface area contributed by atoms with E-state index < -0.39 is 0 Å². The maximum Gasteiger partial charge on any atom is 0.0956 e. The lowest BCUT2D eigenvalue weighted by molar-refractivity contribution is 1.40. The minimum Gasteiger partial charge on any atom is -0.193 e. The van der Waals surface area contributed by atoms with Gasteiger partial charge in [0.05, 0.1) is 6.07 Å². The minimum absolute atomic E-state index is 0.806. The van der Waals surface area contributed by atoms with Crippen molar-refractivity contribution in [3.63, 3.8) is 0 Å². The van der Waals surface area contributed by atoms with Gasteiger partial charge in [-0.15, -0.1) is 0 Å². The molecule has 0 unspecified atom stereocenters. The standard InChI is InChI=1S/C13H11NS2/c1-9(8-14)12-10(2)13(16-15-12)11-6-4-3-5-7-11/h3-7H,1-2H3. The summed E-state index contributed by atoms with van der Waals surface area (Å²) in [4.78, 5) is 2.39. The van der Waals surface area contributed by atoms with Crippen LogP contribution in [0.15, 0.2) is 46.4 Å². The average molecular weight is 245 g/mol. The summed E-state index contributed by atoms with van der Waals surface area (Å²) < 4.78 is 0. The van der Waals surface area contributed by atoms with Gasteiger partial charge in [0, 0.05) is 15.4 Å². The maximum absolute atomic E-state index is 8.92. The van der Waals surface area contributed by atoms with Gasteiger partial charge in [0.2, 0.25) is 0 Å². The molecule has 0 spiro atoms. The molecule has 1 heterocycles. The summed E-state index contributed by atoms with van der Waals surface area (Å²) in [7, 11) is 3.43. The summed E-state index contributed by atoms with van der Waals surface area (Å²) in [5.74, 6) is 0. The number of allylic oxidation sites excluding steroid dienone is 2. The molecule has 0 aromatic heterocycles. The van der Waals surface area contributed by atoms with Gasteiger partial charge in [-0.1, -0.05) is 51.9 Å². The molecule has 0 amide bonds. The second-order valence-electron chi connectivity index (χ2n) is 3.55. The van der Waals surface area contributed by atoms with Crippen LogP contribution < -0.4 is 0 Å². The van der Waals surface area contributed by atoms with Crippen LogP contribution in [0.5, 0.6) is 0 Å². The van der Waals surface area contributed by atoms with E-state index in [2.05, 4.69) is 25.1 Å². The lowest BCUT2D eigenvalue weighted by Gasteiger charge is -2.01. The van der Waals surface area contributed by atoms with Crippen LogP contribution in [0, 0.1) is 11.3 Å². The SMILES string of the molecule is CC(C#N)=C1SSC(c2ccccc2)=C1C. The van der Waals surface area contributed by atoms with Crippen molar-refractivity contribution in [2.45, 2.75) is 13.8 Å². The largest absolute Gasteiger partial charge is 0.193 e. The van der Waals surface area contributed by atoms with Gasteiger partial charge in [-0.05, 0) is 25.0 Å². The van der Waals surface area contributed by atoms with Crippen molar-refractivity contribution in [1.29, 1.82) is 5.26 Å². The van der Waals surface area contributed by atoms with Crippen LogP contribution >= 0.6 is 21.6 Å². The van der Waals surface area contributed by atoms with Crippen LogP contribution in [0.3, 0.4) is 0 Å². The molecule has 0 bridgehead atoms. The van der Waals surface area contributed by atoms with E-state index in [1.807, 2.05) is 25.1 Å². The fraction of sp³-hybridized carbons (Fsp3) is 0.154. The molecule has 0 atom stereocenters. The molecule has 0 saturated carbocycles. The van der Waals surface area contributed by atoms with E-state index >= 15 is 0 Å². The van der Waals surface area contributed by atoms with Crippen molar-refractivity contribution in [2.24, 2.45) is 0 Å². The third kappa shape index (κ3) is 2.04. The van der Waals surface area contributed by atoms with Crippen LogP contribution in [-0.2, 0) is 0 Å². The van der Waals surface area contributed by atoms with Gasteiger partial charge in [0.25, 0.3) is 0 Å². The third-order valence-electron chi connectivity index (χ3n) is 2.43. The lowest BCUT2D eigenvalue weighted by Crippen LogP contribution is -1.83. The fourth-order valence-corrected chi connectivity index (χ4v) is 4.56. The number of hydrogen-bond acceptors (Lipinski definition) is 3. The Morgan fingerprint density at radius 1 is 1.19 bits per heavy atom. The first-order valence-corrected chi connectivity index (χ1v) is 7.11. The Kier molecular flexibility index (Phi) is 3.42. The molecule has 3 heteroatoms. The van der Waals surface area contributed by atoms with Gasteiger partial charge in [-0.2, -0.15) is 5.26 Å². The molecule has 0 radical (unpaired) electrons. The van der Waals surface area contributed by atoms with E-state index in [4.69, 9.17) is 5.26 Å². The first-order valence-electron chi connectivity index (χ1n) is 4.96. The zero-order valence-electron chi connectivity index (χ0n) is 9.15. The van der Waals surface area contributed by atoms with E-state index in [-0.39, 0.29) is 0 Å². The molecule has 1 aliphatic heterocycles. The molecule has 1 nitrogen and oxygen atoms in total. The van der Waals surface area contributed by atoms with Crippen LogP contribution in [0.1, 0.15) is 19.4 Å². The van der Waals surface area contributed by atoms with E-state index in [1.54, 1.807) is 21.6 Å². The van der Waals surface area contributed by atoms with Crippen molar-refractivity contribution in [3.8, 4) is 6.07 Å². The molecule has 1 aliphatic rings. The summed E-state index contributed by atoms with van der Waals surface area (Å²) in [6.45, 7) is 3.96. The highest BCUT2D eigenvalue weighted by Gasteiger charge is 2.21. The first-order chi connectivity index (χ1) is 7.74. The summed E-state index contributed by atoms with van der Waals surface area (Å²) in [6, 6.07) is 12.5. The Morgan fingerprint density at radius 2 is 1.88 bits per heavy atom. The molecule has 0 fully saturated rings. The van der Waals surface area contributed by atoms with E-state index in [1.165, 1.54) is 16.0 Å². The zero-order valence-corrected chi connectivity index (χ0v) is 10.8. The van der Waals surface area contributed by atoms with Crippen LogP contribution in [0.2, 0.25) is 0 Å². The van der Waals surface area contributed by atoms with Crippen LogP contribution in [0.4, 0.5) is 0 Å². The molecule has 0 saturated heterocycles. The Balaban J connectivity index is 2.47. The average Bonchev–Trinajstić information content (AvgIpc) is 2.71. The van der Waals surface area contributed by atoms with Gasteiger partial charge in [-0.25, -0.2) is 0 Å². The van der Waals surface area contributed by atoms with Gasteiger partial charge in [0.1, 0.15) is 0 Å². The number of hydrogen-bond donors (Lipinski definition) is 0. The van der Waals surface area contributed by atoms with Crippen molar-refractivity contribution < 1.29 is 0 Å². The van der Waals surface area contributed by atoms with Gasteiger partial charge >= 0.3 is 0 Å². The molecule has 2 rings (SSSR count). The summed E-state index contributed by atoms with van der Waals surface area (Å²) >= 11 is 0. The van der Waals surface area contributed by atoms with E-state index in [9.17, 15) is 0 Å². The topological polar surface area (TPSA) is 23.8 Å². The Labute approximate surface area is 104 Å². The van der Waals surface area contributed by atoms with Crippen LogP contribution in [-0.4, -0.2) is 0 Å². The number of nitrogens with zero attached hydrogens (tertiary/aromatic N) is 1. The van der Waals surface area contributed by atoms with Crippen LogP contribution in [0.25, 0.3) is 4.91 Å². The Morgan fingerprint density at radius 3 is 2.50 bits per heavy atom. The third-order valence-corrected chi connectivity index (χ3v) is 5.25. The summed E-state index contributed by atoms with van der Waals surface area (Å²) in [5.41, 5.74) is 3.26. The minimum atomic E-state index is 0.806. The highest BCUT2D eigenvalue weighted by molar-refractivity contribution is 8.82. The molecule has 16 heavy (non-hydrogen) atoms. The van der Waals surface area contributed by atoms with Crippen molar-refractivity contribution in [2.75, 3.05) is 0 Å². The lowest BCUT2D eigenvalue weighted by atomic mass is 10.1. The Hall–Kier alpha value is -1.11. The van der Waals surface area contributed by atoms with Gasteiger partial charge in [0.15, 0.2) is 0 Å². The maximum atomic E-state index is 8.92. The van der Waals surface area contributed by atoms with Crippen molar-refractivity contribution in [1.82, 2.24) is 0 Å². The predicted molar refractivity (Wildman–Crippen MR) is 72.5 cm³/mol. The second-order valence-corrected chi connectivity index (χ2v) is 5.70. The fourth-order valence-electron chi connectivity index (χ4n) is 1.56. The normalized spacial score (nSPS) is 18.6. The number of nitriles is 1. The molecular weight excluding hydrogens is 234 g/mol. The molecule has 1 aromatic rings. The van der Waals surface area contributed by atoms with Crippen molar-refractivity contribution in [3.05, 3.63) is 51.9 Å². The smallest absolute Gasteiger partial charge is 0.0956 e. The molecule has 0 aliphatic carbocycles. The van der Waals surface area contributed by atoms with Crippen molar-refractivity contribution >= 4 is 26.5 Å². The zero-order chi connectivity index (χ0) is 11.5. The quantitative estimate of drug-likeness (QED) is 0.533. The highest BCUT2D eigenvalue weighted by atomic mass is 33.1. The summed E-state index contributed by atoms with van der Waals surface area (Å²) in [5, 5.41) is 8.92. The van der Waals surface area contributed by atoms with Gasteiger partial charge in [-0.3, -0.25) is 0 Å². The Bertz CT molecular complexity index is 506. The second kappa shape index (κ2) is 4.82. The monoisotopic (exact) mass is 245 g/mol. The highest BCUT2D eigenvalue weighted by Crippen LogP contribution is 2.54. The molecule has 0 N–H and O–H groups in total. The van der Waals surface area contributed by atoms with Gasteiger partial charge < -0.3 is 0 Å². The molecule has 1 aromatic carbocycles. The molecular formula is C13H11NS2. The predicted octanol–water partition coefficient (Wildman–Crippen LogP) is 4.61. The molecule has 80 valence electrons. The van der Waals surface area contributed by atoms with E-state index in [0.717, 1.165) is 10.5 Å². The first kappa shape index (κ1) is 11.4. The number of benzene rings is 1. The van der Waals surface area contributed by atoms with E-state index in [0.29, 0.717) is 0 Å². The number of rotatable bonds is 1. The summed E-state index contributed by atoms with van der Waals surface area (Å²) in [6.07, 6.45) is 0.